The zero-order chi connectivity index (χ0) is 26.8. The van der Waals surface area contributed by atoms with Crippen molar-refractivity contribution in [3.63, 3.8) is 0 Å². The zero-order valence-electron chi connectivity index (χ0n) is 19.5. The smallest absolute Gasteiger partial charge is 0.357 e. The molecule has 0 saturated carbocycles. The number of nitrogens with zero attached hydrogens (tertiary/aromatic N) is 2. The number of nitrogens with one attached hydrogen (secondary N) is 1. The molecule has 6 nitrogen and oxygen atoms in total. The largest absolute Gasteiger partial charge is 0.416 e. The van der Waals surface area contributed by atoms with Gasteiger partial charge in [0.05, 0.1) is 29.1 Å². The minimum absolute atomic E-state index is 0.0484. The van der Waals surface area contributed by atoms with Gasteiger partial charge in [0.15, 0.2) is 0 Å². The number of hydrogen-bond donors (Lipinski definition) is 1. The van der Waals surface area contributed by atoms with Gasteiger partial charge >= 0.3 is 6.18 Å². The third-order valence-corrected chi connectivity index (χ3v) is 7.80. The molecule has 0 radical (unpaired) electrons. The first-order valence-electron chi connectivity index (χ1n) is 11.8. The number of halogens is 4. The predicted molar refractivity (Wildman–Crippen MR) is 138 cm³/mol. The van der Waals surface area contributed by atoms with E-state index in [9.17, 15) is 27.6 Å². The first-order chi connectivity index (χ1) is 18.1. The van der Waals surface area contributed by atoms with Crippen molar-refractivity contribution in [2.75, 3.05) is 10.2 Å². The van der Waals surface area contributed by atoms with E-state index in [2.05, 4.69) is 21.2 Å². The molecule has 0 aliphatic carbocycles. The van der Waals surface area contributed by atoms with Gasteiger partial charge in [-0.05, 0) is 59.7 Å². The number of rotatable bonds is 3. The fraction of sp³-hybridized carbons (Fsp3) is 0.179. The first kappa shape index (κ1) is 24.4. The van der Waals surface area contributed by atoms with Crippen molar-refractivity contribution >= 4 is 51.1 Å². The topological polar surface area (TPSA) is 69.7 Å². The lowest BCUT2D eigenvalue weighted by molar-refractivity contribution is -0.137. The molecule has 2 fully saturated rings. The average molecular weight is 582 g/mol. The minimum atomic E-state index is -4.58. The molecule has 3 aromatic rings. The van der Waals surface area contributed by atoms with Gasteiger partial charge in [0.25, 0.3) is 0 Å². The molecule has 3 aromatic carbocycles. The second-order valence-corrected chi connectivity index (χ2v) is 10.3. The molecule has 3 aliphatic heterocycles. The lowest BCUT2D eigenvalue weighted by Gasteiger charge is -2.35. The molecule has 0 bridgehead atoms. The van der Waals surface area contributed by atoms with E-state index >= 15 is 0 Å². The van der Waals surface area contributed by atoms with Gasteiger partial charge in [-0.25, -0.2) is 4.90 Å². The lowest BCUT2D eigenvalue weighted by Crippen LogP contribution is -2.46. The van der Waals surface area contributed by atoms with Crippen LogP contribution in [-0.2, 0) is 20.6 Å². The Labute approximate surface area is 223 Å². The highest BCUT2D eigenvalue weighted by molar-refractivity contribution is 9.10. The summed E-state index contributed by atoms with van der Waals surface area (Å²) in [5, 5.41) is 2.56. The average Bonchev–Trinajstić information content (AvgIpc) is 3.37. The summed E-state index contributed by atoms with van der Waals surface area (Å²) < 4.78 is 40.5. The summed E-state index contributed by atoms with van der Waals surface area (Å²) in [6.07, 6.45) is -1.09. The molecule has 0 unspecified atom stereocenters. The number of amides is 3. The van der Waals surface area contributed by atoms with Gasteiger partial charge in [-0.2, -0.15) is 13.2 Å². The van der Waals surface area contributed by atoms with E-state index in [1.165, 1.54) is 12.1 Å². The van der Waals surface area contributed by atoms with Gasteiger partial charge < -0.3 is 10.2 Å². The second kappa shape index (κ2) is 8.83. The summed E-state index contributed by atoms with van der Waals surface area (Å²) in [5.41, 5.74) is 1.11. The van der Waals surface area contributed by atoms with E-state index < -0.39 is 53.4 Å². The SMILES string of the molecule is O=C(Nc1cccc(C(F)(F)F)c1)[C@@H]1[C@@H]2C(=O)N(c3ccc(Br)cc3)C(=O)[C@H]2[C@H]2c3ccccc3C=CN12. The van der Waals surface area contributed by atoms with Crippen LogP contribution in [0.25, 0.3) is 6.08 Å². The van der Waals surface area contributed by atoms with Gasteiger partial charge in [0.1, 0.15) is 6.04 Å². The molecule has 1 N–H and O–H groups in total. The third kappa shape index (κ3) is 3.82. The number of carbonyl (C=O) groups excluding carboxylic acids is 3. The number of hydrogen-bond acceptors (Lipinski definition) is 4. The highest BCUT2D eigenvalue weighted by Gasteiger charge is 2.64. The summed E-state index contributed by atoms with van der Waals surface area (Å²) in [6.45, 7) is 0. The fourth-order valence-electron chi connectivity index (χ4n) is 5.69. The third-order valence-electron chi connectivity index (χ3n) is 7.27. The quantitative estimate of drug-likeness (QED) is 0.407. The Bertz CT molecular complexity index is 1500. The van der Waals surface area contributed by atoms with Crippen LogP contribution in [-0.4, -0.2) is 28.7 Å². The lowest BCUT2D eigenvalue weighted by atomic mass is 9.84. The molecular weight excluding hydrogens is 563 g/mol. The van der Waals surface area contributed by atoms with Crippen LogP contribution in [0.2, 0.25) is 0 Å². The Hall–Kier alpha value is -3.92. The molecule has 3 aliphatic rings. The highest BCUT2D eigenvalue weighted by atomic mass is 79.9. The molecule has 3 amide bonds. The maximum atomic E-state index is 13.8. The highest BCUT2D eigenvalue weighted by Crippen LogP contribution is 2.53. The van der Waals surface area contributed by atoms with Crippen molar-refractivity contribution in [2.45, 2.75) is 18.3 Å². The number of carbonyl (C=O) groups is 3. The molecule has 192 valence electrons. The molecule has 2 saturated heterocycles. The summed E-state index contributed by atoms with van der Waals surface area (Å²) in [7, 11) is 0. The number of imide groups is 1. The van der Waals surface area contributed by atoms with Crippen LogP contribution in [0.5, 0.6) is 0 Å². The van der Waals surface area contributed by atoms with Crippen LogP contribution in [0.1, 0.15) is 22.7 Å². The Kier molecular flexibility index (Phi) is 5.68. The van der Waals surface area contributed by atoms with Crippen molar-refractivity contribution < 1.29 is 27.6 Å². The summed E-state index contributed by atoms with van der Waals surface area (Å²) in [6, 6.07) is 16.8. The zero-order valence-corrected chi connectivity index (χ0v) is 21.1. The van der Waals surface area contributed by atoms with Crippen LogP contribution in [0, 0.1) is 11.8 Å². The van der Waals surface area contributed by atoms with Crippen LogP contribution >= 0.6 is 15.9 Å². The minimum Gasteiger partial charge on any atom is -0.357 e. The van der Waals surface area contributed by atoms with Crippen LogP contribution < -0.4 is 10.2 Å². The second-order valence-electron chi connectivity index (χ2n) is 9.39. The monoisotopic (exact) mass is 581 g/mol. The number of alkyl halides is 3. The first-order valence-corrected chi connectivity index (χ1v) is 12.6. The number of fused-ring (bicyclic) bond motifs is 5. The van der Waals surface area contributed by atoms with Crippen molar-refractivity contribution in [1.29, 1.82) is 0 Å². The van der Waals surface area contributed by atoms with Gasteiger partial charge in [-0.1, -0.05) is 46.3 Å². The Balaban J connectivity index is 1.41. The van der Waals surface area contributed by atoms with Crippen molar-refractivity contribution in [1.82, 2.24) is 4.90 Å². The van der Waals surface area contributed by atoms with E-state index in [1.54, 1.807) is 41.4 Å². The maximum absolute atomic E-state index is 13.8. The summed E-state index contributed by atoms with van der Waals surface area (Å²) in [5.74, 6) is -3.49. The van der Waals surface area contributed by atoms with Crippen LogP contribution in [0.4, 0.5) is 24.5 Å². The molecule has 6 rings (SSSR count). The van der Waals surface area contributed by atoms with Crippen LogP contribution in [0.15, 0.2) is 83.5 Å². The Morgan fingerprint density at radius 3 is 2.34 bits per heavy atom. The van der Waals surface area contributed by atoms with Crippen molar-refractivity contribution in [2.24, 2.45) is 11.8 Å². The van der Waals surface area contributed by atoms with E-state index in [1.807, 2.05) is 24.3 Å². The number of benzene rings is 3. The number of anilines is 2. The molecule has 0 aromatic heterocycles. The molecule has 10 heteroatoms. The van der Waals surface area contributed by atoms with Crippen LogP contribution in [0.3, 0.4) is 0 Å². The molecular formula is C28H19BrF3N3O3. The van der Waals surface area contributed by atoms with Gasteiger partial charge in [0, 0.05) is 16.4 Å². The standard InChI is InChI=1S/C28H19BrF3N3O3/c29-17-8-10-19(11-9-17)35-26(37)21-22(27(35)38)24(34-13-12-15-4-1-2-7-20(15)23(21)34)25(36)33-18-6-3-5-16(14-18)28(30,31)32/h1-14,21-24H,(H,33,36)/t21-,22-,23-,24+/m1/s1. The molecule has 0 spiro atoms. The van der Waals surface area contributed by atoms with Gasteiger partial charge in [-0.15, -0.1) is 0 Å². The Morgan fingerprint density at radius 1 is 0.895 bits per heavy atom. The fourth-order valence-corrected chi connectivity index (χ4v) is 5.96. The van der Waals surface area contributed by atoms with E-state index in [-0.39, 0.29) is 5.69 Å². The van der Waals surface area contributed by atoms with Gasteiger partial charge in [0.2, 0.25) is 17.7 Å². The summed E-state index contributed by atoms with van der Waals surface area (Å²) >= 11 is 3.35. The van der Waals surface area contributed by atoms with Crippen molar-refractivity contribution in [3.8, 4) is 0 Å². The van der Waals surface area contributed by atoms with Crippen molar-refractivity contribution in [3.05, 3.63) is 100 Å². The Morgan fingerprint density at radius 2 is 1.61 bits per heavy atom. The van der Waals surface area contributed by atoms with Gasteiger partial charge in [-0.3, -0.25) is 14.4 Å². The predicted octanol–water partition coefficient (Wildman–Crippen LogP) is 5.62. The molecule has 4 atom stereocenters. The van der Waals surface area contributed by atoms with E-state index in [0.29, 0.717) is 5.69 Å². The maximum Gasteiger partial charge on any atom is 0.416 e. The van der Waals surface area contributed by atoms with E-state index in [4.69, 9.17) is 0 Å². The van der Waals surface area contributed by atoms with E-state index in [0.717, 1.165) is 32.6 Å². The normalized spacial score (nSPS) is 23.8. The molecule has 38 heavy (non-hydrogen) atoms. The summed E-state index contributed by atoms with van der Waals surface area (Å²) in [4.78, 5) is 44.1. The molecule has 3 heterocycles.